The number of carbonyl (C=O) groups is 3. The first kappa shape index (κ1) is 22.3. The lowest BCUT2D eigenvalue weighted by Gasteiger charge is -2.23. The molecule has 0 N–H and O–H groups in total. The van der Waals surface area contributed by atoms with Gasteiger partial charge in [0.25, 0.3) is 0 Å². The molecule has 3 rings (SSSR count). The van der Waals surface area contributed by atoms with E-state index in [9.17, 15) is 14.4 Å². The van der Waals surface area contributed by atoms with E-state index in [4.69, 9.17) is 21.1 Å². The molecule has 0 fully saturated rings. The summed E-state index contributed by atoms with van der Waals surface area (Å²) in [7, 11) is 0. The second kappa shape index (κ2) is 10.6. The van der Waals surface area contributed by atoms with Crippen molar-refractivity contribution in [2.75, 3.05) is 6.61 Å². The van der Waals surface area contributed by atoms with E-state index in [1.165, 1.54) is 6.26 Å². The highest BCUT2D eigenvalue weighted by atomic mass is 35.5. The van der Waals surface area contributed by atoms with Crippen LogP contribution in [-0.4, -0.2) is 30.1 Å². The van der Waals surface area contributed by atoms with Crippen LogP contribution in [0.25, 0.3) is 11.1 Å². The molecule has 2 aromatic carbocycles. The summed E-state index contributed by atoms with van der Waals surface area (Å²) in [5.74, 6) is -1.06. The Balaban J connectivity index is 1.90. The Morgan fingerprint density at radius 3 is 2.19 bits per heavy atom. The van der Waals surface area contributed by atoms with Crippen molar-refractivity contribution >= 4 is 29.0 Å². The van der Waals surface area contributed by atoms with Crippen LogP contribution in [-0.2, 0) is 19.0 Å². The predicted molar refractivity (Wildman–Crippen MR) is 116 cm³/mol. The number of benzene rings is 2. The molecular weight excluding hydrogens is 420 g/mol. The first-order valence-corrected chi connectivity index (χ1v) is 10.1. The molecule has 0 saturated carbocycles. The Morgan fingerprint density at radius 1 is 1.00 bits per heavy atom. The van der Waals surface area contributed by atoms with Crippen molar-refractivity contribution in [2.45, 2.75) is 25.4 Å². The molecule has 0 spiro atoms. The molecule has 7 heteroatoms. The summed E-state index contributed by atoms with van der Waals surface area (Å²) >= 11 is 5.11. The van der Waals surface area contributed by atoms with E-state index in [1.807, 2.05) is 61.5 Å². The fraction of sp³-hybridized carbons (Fsp3) is 0.208. The summed E-state index contributed by atoms with van der Waals surface area (Å²) in [6.07, 6.45) is 5.03. The fourth-order valence-corrected chi connectivity index (χ4v) is 3.62. The molecule has 0 aromatic heterocycles. The average Bonchev–Trinajstić information content (AvgIpc) is 3.08. The number of Topliss-reactive ketones (excluding diaryl/α,β-unsaturated/α-hetero) is 1. The van der Waals surface area contributed by atoms with Crippen molar-refractivity contribution < 1.29 is 28.6 Å². The first-order valence-electron chi connectivity index (χ1n) is 9.75. The summed E-state index contributed by atoms with van der Waals surface area (Å²) in [6.45, 7) is 1.67. The van der Waals surface area contributed by atoms with E-state index < -0.39 is 29.4 Å². The second-order valence-corrected chi connectivity index (χ2v) is 7.03. The van der Waals surface area contributed by atoms with E-state index in [0.29, 0.717) is 0 Å². The quantitative estimate of drug-likeness (QED) is 0.171. The number of allylic oxidation sites excluding steroid dienone is 3. The highest BCUT2D eigenvalue weighted by Gasteiger charge is 2.41. The molecule has 0 heterocycles. The normalized spacial score (nSPS) is 13.6. The molecule has 1 unspecified atom stereocenters. The second-order valence-electron chi connectivity index (χ2n) is 6.72. The van der Waals surface area contributed by atoms with Gasteiger partial charge in [0.2, 0.25) is 5.78 Å². The lowest BCUT2D eigenvalue weighted by atomic mass is 9.89. The Labute approximate surface area is 185 Å². The van der Waals surface area contributed by atoms with Gasteiger partial charge in [0.05, 0.1) is 12.2 Å². The number of carbonyl (C=O) groups excluding carboxylic acids is 3. The Kier molecular flexibility index (Phi) is 7.62. The number of hydrogen-bond acceptors (Lipinski definition) is 6. The van der Waals surface area contributed by atoms with Gasteiger partial charge in [-0.1, -0.05) is 67.6 Å². The fourth-order valence-electron chi connectivity index (χ4n) is 3.56. The van der Waals surface area contributed by atoms with Crippen LogP contribution in [0.15, 0.2) is 73.0 Å². The minimum atomic E-state index is -1.35. The smallest absolute Gasteiger partial charge is 0.493 e. The van der Waals surface area contributed by atoms with Gasteiger partial charge in [-0.15, -0.1) is 0 Å². The lowest BCUT2D eigenvalue weighted by molar-refractivity contribution is -0.132. The van der Waals surface area contributed by atoms with Crippen LogP contribution < -0.4 is 0 Å². The number of ketones is 1. The minimum Gasteiger partial charge on any atom is -0.493 e. The largest absolute Gasteiger partial charge is 0.517 e. The highest BCUT2D eigenvalue weighted by Crippen LogP contribution is 2.47. The van der Waals surface area contributed by atoms with Crippen LogP contribution in [0, 0.1) is 0 Å². The zero-order valence-electron chi connectivity index (χ0n) is 16.8. The zero-order valence-corrected chi connectivity index (χ0v) is 17.6. The third-order valence-electron chi connectivity index (χ3n) is 4.77. The van der Waals surface area contributed by atoms with E-state index in [2.05, 4.69) is 4.74 Å². The van der Waals surface area contributed by atoms with Gasteiger partial charge in [-0.3, -0.25) is 4.79 Å². The van der Waals surface area contributed by atoms with Gasteiger partial charge < -0.3 is 14.2 Å². The maximum Gasteiger partial charge on any atom is 0.517 e. The molecule has 160 valence electrons. The van der Waals surface area contributed by atoms with E-state index in [0.717, 1.165) is 28.7 Å². The molecule has 31 heavy (non-hydrogen) atoms. The monoisotopic (exact) mass is 440 g/mol. The van der Waals surface area contributed by atoms with Crippen LogP contribution in [0.1, 0.15) is 30.4 Å². The van der Waals surface area contributed by atoms with Crippen LogP contribution in [0.4, 0.5) is 9.59 Å². The molecule has 0 radical (unpaired) electrons. The maximum absolute atomic E-state index is 13.0. The van der Waals surface area contributed by atoms with Gasteiger partial charge in [-0.2, -0.15) is 0 Å². The molecule has 0 saturated heterocycles. The van der Waals surface area contributed by atoms with E-state index >= 15 is 0 Å². The molecule has 0 bridgehead atoms. The average molecular weight is 441 g/mol. The molecule has 6 nitrogen and oxygen atoms in total. The molecular formula is C24H21ClO6. The van der Waals surface area contributed by atoms with Crippen molar-refractivity contribution in [1.82, 2.24) is 0 Å². The highest BCUT2D eigenvalue weighted by molar-refractivity contribution is 6.61. The van der Waals surface area contributed by atoms with E-state index in [-0.39, 0.29) is 6.61 Å². The summed E-state index contributed by atoms with van der Waals surface area (Å²) in [4.78, 5) is 36.0. The van der Waals surface area contributed by atoms with Gasteiger partial charge in [0.1, 0.15) is 6.61 Å². The van der Waals surface area contributed by atoms with Gasteiger partial charge in [0, 0.05) is 11.6 Å². The Hall–Kier alpha value is -3.38. The molecule has 1 aliphatic rings. The Bertz CT molecular complexity index is 981. The summed E-state index contributed by atoms with van der Waals surface area (Å²) in [5, 5.41) is 0. The summed E-state index contributed by atoms with van der Waals surface area (Å²) in [6, 6.07) is 15.1. The Morgan fingerprint density at radius 2 is 1.61 bits per heavy atom. The minimum absolute atomic E-state index is 0.329. The SMILES string of the molecule is CCC=CC=COCC(=O)C(OC(=O)OC(=O)Cl)C1c2ccccc2-c2ccccc21. The van der Waals surface area contributed by atoms with Crippen molar-refractivity contribution in [3.05, 3.63) is 84.1 Å². The van der Waals surface area contributed by atoms with Crippen LogP contribution in [0.2, 0.25) is 0 Å². The van der Waals surface area contributed by atoms with Gasteiger partial charge in [-0.25, -0.2) is 9.59 Å². The molecule has 1 aliphatic carbocycles. The standard InChI is InChI=1S/C24H21ClO6/c1-2-3-4-9-14-29-15-20(26)22(30-24(28)31-23(25)27)21-18-12-7-5-10-16(18)17-11-6-8-13-19(17)21/h3-14,21-22H,2,15H2,1H3. The third kappa shape index (κ3) is 5.41. The van der Waals surface area contributed by atoms with Gasteiger partial charge in [0.15, 0.2) is 6.10 Å². The number of rotatable bonds is 8. The number of halogens is 1. The van der Waals surface area contributed by atoms with Crippen molar-refractivity contribution in [2.24, 2.45) is 0 Å². The topological polar surface area (TPSA) is 78.9 Å². The summed E-state index contributed by atoms with van der Waals surface area (Å²) in [5.41, 5.74) is 2.20. The van der Waals surface area contributed by atoms with Gasteiger partial charge in [-0.05, 0) is 34.8 Å². The third-order valence-corrected chi connectivity index (χ3v) is 4.85. The predicted octanol–water partition coefficient (Wildman–Crippen LogP) is 5.75. The first-order chi connectivity index (χ1) is 15.0. The molecule has 0 amide bonds. The number of fused-ring (bicyclic) bond motifs is 3. The number of hydrogen-bond donors (Lipinski definition) is 0. The molecule has 2 aromatic rings. The van der Waals surface area contributed by atoms with E-state index in [1.54, 1.807) is 12.2 Å². The molecule has 1 atom stereocenters. The summed E-state index contributed by atoms with van der Waals surface area (Å²) < 4.78 is 14.9. The zero-order chi connectivity index (χ0) is 22.2. The van der Waals surface area contributed by atoms with Crippen molar-refractivity contribution in [3.63, 3.8) is 0 Å². The van der Waals surface area contributed by atoms with Crippen LogP contribution >= 0.6 is 11.6 Å². The van der Waals surface area contributed by atoms with Crippen molar-refractivity contribution in [1.29, 1.82) is 0 Å². The van der Waals surface area contributed by atoms with Crippen LogP contribution in [0.5, 0.6) is 0 Å². The van der Waals surface area contributed by atoms with Gasteiger partial charge >= 0.3 is 11.6 Å². The van der Waals surface area contributed by atoms with Crippen molar-refractivity contribution in [3.8, 4) is 11.1 Å². The lowest BCUT2D eigenvalue weighted by Crippen LogP contribution is -2.36. The molecule has 0 aliphatic heterocycles. The maximum atomic E-state index is 13.0. The number of ether oxygens (including phenoxy) is 3. The van der Waals surface area contributed by atoms with Crippen LogP contribution in [0.3, 0.4) is 0 Å².